The standard InChI is InChI=1S/C24H43N3O5/c1-9-15(4)22(26(6)21(30)12-25-13-28)19(31-7)11-20(29)27-18(24(32-8)14(2)3)10-17-16(5)23(17)27/h13-19,22-24H,9-12H2,1-8H3,(H,25,28)/t15?,16?,17?,18?,19?,22-,23?,24?/m0/s1. The Hall–Kier alpha value is -1.67. The van der Waals surface area contributed by atoms with E-state index in [0.29, 0.717) is 24.2 Å². The Morgan fingerprint density at radius 1 is 1.22 bits per heavy atom. The Morgan fingerprint density at radius 3 is 2.38 bits per heavy atom. The molecular weight excluding hydrogens is 410 g/mol. The molecule has 1 N–H and O–H groups in total. The van der Waals surface area contributed by atoms with Crippen LogP contribution in [0, 0.1) is 23.7 Å². The number of nitrogens with one attached hydrogen (secondary N) is 1. The molecule has 32 heavy (non-hydrogen) atoms. The van der Waals surface area contributed by atoms with E-state index < -0.39 is 6.10 Å². The Labute approximate surface area is 193 Å². The summed E-state index contributed by atoms with van der Waals surface area (Å²) in [5.74, 6) is 1.37. The number of rotatable bonds is 13. The number of piperidine rings is 1. The maximum Gasteiger partial charge on any atom is 0.242 e. The first kappa shape index (κ1) is 26.6. The zero-order valence-electron chi connectivity index (χ0n) is 21.0. The highest BCUT2D eigenvalue weighted by molar-refractivity contribution is 5.81. The van der Waals surface area contributed by atoms with E-state index >= 15 is 0 Å². The van der Waals surface area contributed by atoms with Gasteiger partial charge in [-0.15, -0.1) is 0 Å². The lowest BCUT2D eigenvalue weighted by Gasteiger charge is -2.40. The van der Waals surface area contributed by atoms with Crippen LogP contribution in [0.25, 0.3) is 0 Å². The number of ether oxygens (including phenoxy) is 2. The predicted octanol–water partition coefficient (Wildman–Crippen LogP) is 1.92. The van der Waals surface area contributed by atoms with Gasteiger partial charge in [-0.25, -0.2) is 0 Å². The molecule has 2 rings (SSSR count). The third kappa shape index (κ3) is 5.45. The monoisotopic (exact) mass is 453 g/mol. The quantitative estimate of drug-likeness (QED) is 0.431. The first-order valence-corrected chi connectivity index (χ1v) is 11.9. The van der Waals surface area contributed by atoms with E-state index in [4.69, 9.17) is 9.47 Å². The highest BCUT2D eigenvalue weighted by Gasteiger charge is 2.61. The third-order valence-electron chi connectivity index (χ3n) is 7.76. The van der Waals surface area contributed by atoms with Crippen molar-refractivity contribution in [2.75, 3.05) is 27.8 Å². The number of carbonyl (C=O) groups excluding carboxylic acids is 3. The SMILES string of the molecule is CCC(C)[C@@H](C(CC(=O)N1C(C(OC)C(C)C)CC2C(C)C21)OC)N(C)C(=O)CNC=O. The van der Waals surface area contributed by atoms with Crippen molar-refractivity contribution >= 4 is 18.2 Å². The molecule has 1 heterocycles. The number of amides is 3. The molecule has 2 aliphatic rings. The van der Waals surface area contributed by atoms with Gasteiger partial charge in [-0.2, -0.15) is 0 Å². The van der Waals surface area contributed by atoms with Gasteiger partial charge in [0.15, 0.2) is 0 Å². The van der Waals surface area contributed by atoms with Gasteiger partial charge in [0, 0.05) is 27.3 Å². The van der Waals surface area contributed by atoms with Crippen molar-refractivity contribution in [1.82, 2.24) is 15.1 Å². The molecule has 1 saturated carbocycles. The topological polar surface area (TPSA) is 88.2 Å². The fourth-order valence-corrected chi connectivity index (χ4v) is 5.75. The summed E-state index contributed by atoms with van der Waals surface area (Å²) < 4.78 is 11.6. The van der Waals surface area contributed by atoms with Gasteiger partial charge in [0.2, 0.25) is 18.2 Å². The lowest BCUT2D eigenvalue weighted by atomic mass is 9.90. The number of likely N-dealkylation sites (tertiary alicyclic amines) is 1. The molecule has 2 fully saturated rings. The van der Waals surface area contributed by atoms with Crippen LogP contribution in [0.3, 0.4) is 0 Å². The molecule has 0 aromatic rings. The van der Waals surface area contributed by atoms with Crippen LogP contribution in [0.2, 0.25) is 0 Å². The normalized spacial score (nSPS) is 28.0. The summed E-state index contributed by atoms with van der Waals surface area (Å²) in [7, 11) is 5.05. The van der Waals surface area contributed by atoms with Crippen molar-refractivity contribution in [3.8, 4) is 0 Å². The number of likely N-dealkylation sites (N-methyl/N-ethyl adjacent to an activating group) is 1. The molecule has 1 aliphatic carbocycles. The Bertz CT molecular complexity index is 658. The highest BCUT2D eigenvalue weighted by atomic mass is 16.5. The van der Waals surface area contributed by atoms with Crippen LogP contribution < -0.4 is 5.32 Å². The summed E-state index contributed by atoms with van der Waals surface area (Å²) in [5.41, 5.74) is 0. The summed E-state index contributed by atoms with van der Waals surface area (Å²) in [5, 5.41) is 2.43. The predicted molar refractivity (Wildman–Crippen MR) is 123 cm³/mol. The molecule has 0 aromatic heterocycles. The zero-order valence-corrected chi connectivity index (χ0v) is 21.0. The summed E-state index contributed by atoms with van der Waals surface area (Å²) in [6, 6.07) is 0.0840. The molecule has 1 saturated heterocycles. The fourth-order valence-electron chi connectivity index (χ4n) is 5.75. The second kappa shape index (κ2) is 11.5. The summed E-state index contributed by atoms with van der Waals surface area (Å²) in [4.78, 5) is 40.6. The summed E-state index contributed by atoms with van der Waals surface area (Å²) in [6.07, 6.45) is 2.12. The number of carbonyl (C=O) groups is 3. The highest BCUT2D eigenvalue weighted by Crippen LogP contribution is 2.54. The first-order chi connectivity index (χ1) is 15.1. The molecule has 8 nitrogen and oxygen atoms in total. The van der Waals surface area contributed by atoms with E-state index in [1.807, 2.05) is 0 Å². The lowest BCUT2D eigenvalue weighted by Crippen LogP contribution is -2.54. The van der Waals surface area contributed by atoms with E-state index in [9.17, 15) is 14.4 Å². The molecule has 0 bridgehead atoms. The van der Waals surface area contributed by atoms with Crippen LogP contribution in [-0.4, -0.2) is 86.2 Å². The van der Waals surface area contributed by atoms with Crippen LogP contribution in [0.5, 0.6) is 0 Å². The van der Waals surface area contributed by atoms with Crippen LogP contribution >= 0.6 is 0 Å². The van der Waals surface area contributed by atoms with Gasteiger partial charge in [-0.05, 0) is 30.1 Å². The van der Waals surface area contributed by atoms with Crippen molar-refractivity contribution in [3.63, 3.8) is 0 Å². The van der Waals surface area contributed by atoms with Crippen LogP contribution in [0.15, 0.2) is 0 Å². The number of hydrogen-bond donors (Lipinski definition) is 1. The fraction of sp³-hybridized carbons (Fsp3) is 0.875. The average molecular weight is 454 g/mol. The van der Waals surface area contributed by atoms with Gasteiger partial charge in [0.1, 0.15) is 0 Å². The molecule has 184 valence electrons. The van der Waals surface area contributed by atoms with E-state index in [1.54, 1.807) is 26.2 Å². The molecule has 0 spiro atoms. The van der Waals surface area contributed by atoms with E-state index in [2.05, 4.69) is 44.8 Å². The Kier molecular flexibility index (Phi) is 9.52. The average Bonchev–Trinajstić information content (AvgIpc) is 3.20. The second-order valence-corrected chi connectivity index (χ2v) is 9.92. The molecule has 0 aromatic carbocycles. The smallest absolute Gasteiger partial charge is 0.242 e. The Balaban J connectivity index is 2.22. The van der Waals surface area contributed by atoms with Crippen molar-refractivity contribution in [2.24, 2.45) is 23.7 Å². The van der Waals surface area contributed by atoms with Gasteiger partial charge in [-0.3, -0.25) is 14.4 Å². The molecule has 1 aliphatic heterocycles. The number of nitrogens with zero attached hydrogens (tertiary/aromatic N) is 2. The van der Waals surface area contributed by atoms with Crippen molar-refractivity contribution in [2.45, 2.75) is 84.2 Å². The molecular formula is C24H43N3O5. The van der Waals surface area contributed by atoms with Gasteiger partial charge in [0.25, 0.3) is 0 Å². The molecule has 8 heteroatoms. The summed E-state index contributed by atoms with van der Waals surface area (Å²) >= 11 is 0. The minimum atomic E-state index is -0.434. The van der Waals surface area contributed by atoms with Crippen LogP contribution in [0.1, 0.15) is 53.9 Å². The largest absolute Gasteiger partial charge is 0.379 e. The van der Waals surface area contributed by atoms with E-state index in [0.717, 1.165) is 12.8 Å². The maximum absolute atomic E-state index is 13.7. The van der Waals surface area contributed by atoms with E-state index in [-0.39, 0.29) is 54.9 Å². The maximum atomic E-state index is 13.7. The summed E-state index contributed by atoms with van der Waals surface area (Å²) in [6.45, 7) is 10.5. The minimum absolute atomic E-state index is 0.00368. The number of fused-ring (bicyclic) bond motifs is 1. The lowest BCUT2D eigenvalue weighted by molar-refractivity contribution is -0.145. The third-order valence-corrected chi connectivity index (χ3v) is 7.76. The molecule has 7 unspecified atom stereocenters. The Morgan fingerprint density at radius 2 is 1.88 bits per heavy atom. The van der Waals surface area contributed by atoms with Crippen LogP contribution in [-0.2, 0) is 23.9 Å². The second-order valence-electron chi connectivity index (χ2n) is 9.92. The first-order valence-electron chi connectivity index (χ1n) is 11.9. The number of methoxy groups -OCH3 is 2. The minimum Gasteiger partial charge on any atom is -0.379 e. The number of hydrogen-bond acceptors (Lipinski definition) is 5. The van der Waals surface area contributed by atoms with Crippen molar-refractivity contribution < 1.29 is 23.9 Å². The van der Waals surface area contributed by atoms with Gasteiger partial charge >= 0.3 is 0 Å². The molecule has 3 amide bonds. The van der Waals surface area contributed by atoms with Crippen molar-refractivity contribution in [3.05, 3.63) is 0 Å². The van der Waals surface area contributed by atoms with E-state index in [1.165, 1.54) is 0 Å². The molecule has 0 radical (unpaired) electrons. The van der Waals surface area contributed by atoms with Gasteiger partial charge in [-0.1, -0.05) is 41.0 Å². The molecule has 8 atom stereocenters. The van der Waals surface area contributed by atoms with Gasteiger partial charge < -0.3 is 24.6 Å². The van der Waals surface area contributed by atoms with Crippen LogP contribution in [0.4, 0.5) is 0 Å². The zero-order chi connectivity index (χ0) is 24.2. The van der Waals surface area contributed by atoms with Crippen molar-refractivity contribution in [1.29, 1.82) is 0 Å². The van der Waals surface area contributed by atoms with Gasteiger partial charge in [0.05, 0.1) is 37.3 Å².